The van der Waals surface area contributed by atoms with E-state index in [4.69, 9.17) is 4.74 Å². The molecule has 1 rings (SSSR count). The molecule has 0 aromatic carbocycles. The van der Waals surface area contributed by atoms with Gasteiger partial charge in [-0.2, -0.15) is 0 Å². The highest BCUT2D eigenvalue weighted by Crippen LogP contribution is 2.28. The van der Waals surface area contributed by atoms with Gasteiger partial charge in [0.25, 0.3) is 0 Å². The van der Waals surface area contributed by atoms with Crippen molar-refractivity contribution in [2.45, 2.75) is 64.5 Å². The zero-order chi connectivity index (χ0) is 12.5. The molecule has 0 saturated heterocycles. The van der Waals surface area contributed by atoms with Crippen molar-refractivity contribution in [3.63, 3.8) is 0 Å². The first-order chi connectivity index (χ1) is 8.22. The molecule has 2 N–H and O–H groups in total. The Kier molecular flexibility index (Phi) is 7.82. The summed E-state index contributed by atoms with van der Waals surface area (Å²) in [6.07, 6.45) is 7.31. The molecule has 0 bridgehead atoms. The lowest BCUT2D eigenvalue weighted by Crippen LogP contribution is -2.36. The molecule has 3 nitrogen and oxygen atoms in total. The van der Waals surface area contributed by atoms with Crippen LogP contribution in [0.25, 0.3) is 0 Å². The van der Waals surface area contributed by atoms with Gasteiger partial charge in [-0.25, -0.2) is 0 Å². The number of ether oxygens (including phenoxy) is 1. The Labute approximate surface area is 106 Å². The van der Waals surface area contributed by atoms with Crippen LogP contribution in [0.3, 0.4) is 0 Å². The molecule has 1 saturated carbocycles. The van der Waals surface area contributed by atoms with E-state index < -0.39 is 0 Å². The second-order valence-corrected chi connectivity index (χ2v) is 5.44. The van der Waals surface area contributed by atoms with Crippen LogP contribution in [0.4, 0.5) is 0 Å². The van der Waals surface area contributed by atoms with Crippen LogP contribution in [-0.4, -0.2) is 37.0 Å². The summed E-state index contributed by atoms with van der Waals surface area (Å²) in [6, 6.07) is 0.500. The lowest BCUT2D eigenvalue weighted by molar-refractivity contribution is 0.0314. The average molecular weight is 243 g/mol. The zero-order valence-electron chi connectivity index (χ0n) is 11.5. The van der Waals surface area contributed by atoms with Crippen molar-refractivity contribution in [1.82, 2.24) is 5.32 Å². The third kappa shape index (κ3) is 8.58. The molecule has 2 atom stereocenters. The molecule has 17 heavy (non-hydrogen) atoms. The molecule has 102 valence electrons. The number of aliphatic hydroxyl groups is 1. The molecule has 0 heterocycles. The number of aliphatic hydroxyl groups excluding tert-OH is 1. The van der Waals surface area contributed by atoms with E-state index in [-0.39, 0.29) is 6.10 Å². The van der Waals surface area contributed by atoms with Gasteiger partial charge in [0.1, 0.15) is 0 Å². The molecule has 0 aromatic rings. The monoisotopic (exact) mass is 243 g/mol. The highest BCUT2D eigenvalue weighted by atomic mass is 16.5. The number of rotatable bonds is 11. The van der Waals surface area contributed by atoms with E-state index in [1.807, 2.05) is 0 Å². The summed E-state index contributed by atoms with van der Waals surface area (Å²) in [5, 5.41) is 13.1. The maximum Gasteiger partial charge on any atom is 0.0897 e. The van der Waals surface area contributed by atoms with Gasteiger partial charge in [-0.1, -0.05) is 26.2 Å². The van der Waals surface area contributed by atoms with Crippen LogP contribution >= 0.6 is 0 Å². The van der Waals surface area contributed by atoms with E-state index in [0.717, 1.165) is 12.5 Å². The fraction of sp³-hybridized carbons (Fsp3) is 1.00. The van der Waals surface area contributed by atoms with Gasteiger partial charge in [0.15, 0.2) is 0 Å². The van der Waals surface area contributed by atoms with Crippen molar-refractivity contribution in [3.05, 3.63) is 0 Å². The predicted octanol–water partition coefficient (Wildman–Crippen LogP) is 2.33. The SMILES string of the molecule is CCCCCC(C)NCC(O)COCC1CC1. The molecular weight excluding hydrogens is 214 g/mol. The molecule has 1 aliphatic rings. The van der Waals surface area contributed by atoms with Gasteiger partial charge in [-0.05, 0) is 32.1 Å². The fourth-order valence-electron chi connectivity index (χ4n) is 1.85. The molecular formula is C14H29NO2. The minimum Gasteiger partial charge on any atom is -0.389 e. The van der Waals surface area contributed by atoms with Gasteiger partial charge in [0, 0.05) is 19.2 Å². The van der Waals surface area contributed by atoms with E-state index in [2.05, 4.69) is 19.2 Å². The summed E-state index contributed by atoms with van der Waals surface area (Å²) in [7, 11) is 0. The molecule has 1 fully saturated rings. The third-order valence-electron chi connectivity index (χ3n) is 3.30. The normalized spacial score (nSPS) is 19.2. The topological polar surface area (TPSA) is 41.5 Å². The van der Waals surface area contributed by atoms with Gasteiger partial charge in [0.05, 0.1) is 12.7 Å². The zero-order valence-corrected chi connectivity index (χ0v) is 11.5. The fourth-order valence-corrected chi connectivity index (χ4v) is 1.85. The first-order valence-corrected chi connectivity index (χ1v) is 7.21. The number of hydrogen-bond acceptors (Lipinski definition) is 3. The van der Waals surface area contributed by atoms with Gasteiger partial charge < -0.3 is 15.2 Å². The molecule has 0 radical (unpaired) electrons. The number of hydrogen-bond donors (Lipinski definition) is 2. The van der Waals surface area contributed by atoms with Gasteiger partial charge >= 0.3 is 0 Å². The minimum absolute atomic E-state index is 0.359. The highest BCUT2D eigenvalue weighted by molar-refractivity contribution is 4.72. The van der Waals surface area contributed by atoms with Crippen molar-refractivity contribution in [1.29, 1.82) is 0 Å². The molecule has 0 amide bonds. The molecule has 1 aliphatic carbocycles. The summed E-state index contributed by atoms with van der Waals surface area (Å²) in [5.74, 6) is 0.781. The number of nitrogens with one attached hydrogen (secondary N) is 1. The van der Waals surface area contributed by atoms with Crippen molar-refractivity contribution < 1.29 is 9.84 Å². The maximum atomic E-state index is 9.72. The first-order valence-electron chi connectivity index (χ1n) is 7.21. The summed E-state index contributed by atoms with van der Waals surface area (Å²) in [6.45, 7) is 6.37. The van der Waals surface area contributed by atoms with Crippen LogP contribution in [0, 0.1) is 5.92 Å². The maximum absolute atomic E-state index is 9.72. The first kappa shape index (κ1) is 14.9. The predicted molar refractivity (Wildman–Crippen MR) is 71.2 cm³/mol. The quantitative estimate of drug-likeness (QED) is 0.547. The van der Waals surface area contributed by atoms with Crippen LogP contribution < -0.4 is 5.32 Å². The summed E-state index contributed by atoms with van der Waals surface area (Å²) in [4.78, 5) is 0. The standard InChI is InChI=1S/C14H29NO2/c1-3-4-5-6-12(2)15-9-14(16)11-17-10-13-7-8-13/h12-16H,3-11H2,1-2H3. The van der Waals surface area contributed by atoms with Crippen LogP contribution in [-0.2, 0) is 4.74 Å². The van der Waals surface area contributed by atoms with Gasteiger partial charge in [0.2, 0.25) is 0 Å². The van der Waals surface area contributed by atoms with E-state index >= 15 is 0 Å². The van der Waals surface area contributed by atoms with Crippen LogP contribution in [0.5, 0.6) is 0 Å². The Morgan fingerprint density at radius 2 is 2.12 bits per heavy atom. The smallest absolute Gasteiger partial charge is 0.0897 e. The Bertz CT molecular complexity index is 183. The van der Waals surface area contributed by atoms with Crippen molar-refractivity contribution in [2.24, 2.45) is 5.92 Å². The molecule has 0 aromatic heterocycles. The summed E-state index contributed by atoms with van der Waals surface area (Å²) in [5.41, 5.74) is 0. The van der Waals surface area contributed by atoms with E-state index in [0.29, 0.717) is 19.2 Å². The molecule has 0 spiro atoms. The van der Waals surface area contributed by atoms with Crippen LogP contribution in [0.2, 0.25) is 0 Å². The average Bonchev–Trinajstić information content (AvgIpc) is 3.11. The second-order valence-electron chi connectivity index (χ2n) is 5.44. The minimum atomic E-state index is -0.359. The molecule has 3 heteroatoms. The van der Waals surface area contributed by atoms with Crippen molar-refractivity contribution in [3.8, 4) is 0 Å². The largest absolute Gasteiger partial charge is 0.389 e. The Morgan fingerprint density at radius 3 is 2.76 bits per heavy atom. The second kappa shape index (κ2) is 8.90. The van der Waals surface area contributed by atoms with Gasteiger partial charge in [-0.3, -0.25) is 0 Å². The highest BCUT2D eigenvalue weighted by Gasteiger charge is 2.21. The van der Waals surface area contributed by atoms with E-state index in [9.17, 15) is 5.11 Å². The van der Waals surface area contributed by atoms with Crippen LogP contribution in [0.15, 0.2) is 0 Å². The molecule has 0 aliphatic heterocycles. The number of unbranched alkanes of at least 4 members (excludes halogenated alkanes) is 2. The summed E-state index contributed by atoms with van der Waals surface area (Å²) < 4.78 is 5.46. The van der Waals surface area contributed by atoms with Crippen LogP contribution in [0.1, 0.15) is 52.4 Å². The van der Waals surface area contributed by atoms with Crippen molar-refractivity contribution in [2.75, 3.05) is 19.8 Å². The molecule has 2 unspecified atom stereocenters. The Morgan fingerprint density at radius 1 is 1.35 bits per heavy atom. The lowest BCUT2D eigenvalue weighted by atomic mass is 10.1. The van der Waals surface area contributed by atoms with E-state index in [1.54, 1.807) is 0 Å². The Hall–Kier alpha value is -0.120. The Balaban J connectivity index is 1.88. The van der Waals surface area contributed by atoms with E-state index in [1.165, 1.54) is 38.5 Å². The third-order valence-corrected chi connectivity index (χ3v) is 3.30. The van der Waals surface area contributed by atoms with Crippen molar-refractivity contribution >= 4 is 0 Å². The van der Waals surface area contributed by atoms with Gasteiger partial charge in [-0.15, -0.1) is 0 Å². The summed E-state index contributed by atoms with van der Waals surface area (Å²) >= 11 is 0. The lowest BCUT2D eigenvalue weighted by Gasteiger charge is -2.17.